The smallest absolute Gasteiger partial charge is 0.323 e. The highest BCUT2D eigenvalue weighted by Gasteiger charge is 2.12. The first kappa shape index (κ1) is 17.6. The van der Waals surface area contributed by atoms with Gasteiger partial charge < -0.3 is 25.8 Å². The zero-order valence-corrected chi connectivity index (χ0v) is 12.6. The number of hydrogen-bond acceptors (Lipinski definition) is 6. The van der Waals surface area contributed by atoms with Crippen molar-refractivity contribution in [1.82, 2.24) is 0 Å². The van der Waals surface area contributed by atoms with E-state index in [2.05, 4.69) is 10.6 Å². The Morgan fingerprint density at radius 1 is 0.958 bits per heavy atom. The van der Waals surface area contributed by atoms with Gasteiger partial charge in [0.1, 0.15) is 5.75 Å². The topological polar surface area (TPSA) is 146 Å². The van der Waals surface area contributed by atoms with Crippen molar-refractivity contribution in [3.63, 3.8) is 0 Å². The molecule has 0 fully saturated rings. The molecule has 0 radical (unpaired) electrons. The highest BCUT2D eigenvalue weighted by molar-refractivity contribution is 6.00. The molecule has 0 bridgehead atoms. The second-order valence-corrected chi connectivity index (χ2v) is 4.72. The van der Waals surface area contributed by atoms with Crippen LogP contribution in [0, 0.1) is 10.4 Å². The number of nitrogens with one attached hydrogen (secondary N) is 4. The summed E-state index contributed by atoms with van der Waals surface area (Å²) in [6.45, 7) is 0. The molecule has 2 rings (SSSR count). The summed E-state index contributed by atoms with van der Waals surface area (Å²) in [5.41, 5.74) is 0.0590. The van der Waals surface area contributed by atoms with E-state index in [9.17, 15) is 15.2 Å². The number of methoxy groups -OCH3 is 1. The summed E-state index contributed by atoms with van der Waals surface area (Å²) in [6, 6.07) is 9.26. The maximum absolute atomic E-state index is 12.0. The number of hydrogen-bond donors (Lipinski definition) is 6. The third kappa shape index (κ3) is 4.63. The Hall–Kier alpha value is -2.73. The fraction of sp³-hybridized carbons (Fsp3) is 0.0714. The SMILES string of the molecule is COc1ccc(NC(=O)Nc2cc([NH+]([O-])O)cc([NH+]([O-])O)c2)cc1. The maximum atomic E-state index is 12.0. The number of ether oxygens (including phenoxy) is 1. The van der Waals surface area contributed by atoms with E-state index in [1.54, 1.807) is 24.3 Å². The fourth-order valence-corrected chi connectivity index (χ4v) is 1.91. The van der Waals surface area contributed by atoms with Crippen molar-refractivity contribution >= 4 is 28.8 Å². The van der Waals surface area contributed by atoms with Crippen LogP contribution in [0.2, 0.25) is 0 Å². The molecule has 0 saturated heterocycles. The number of urea groups is 1. The van der Waals surface area contributed by atoms with Gasteiger partial charge in [0.2, 0.25) is 0 Å². The Morgan fingerprint density at radius 3 is 1.92 bits per heavy atom. The molecular formula is C14H16N4O6. The minimum absolute atomic E-state index is 0.0540. The molecule has 128 valence electrons. The molecule has 0 aliphatic rings. The average molecular weight is 336 g/mol. The number of anilines is 2. The molecule has 2 atom stereocenters. The summed E-state index contributed by atoms with van der Waals surface area (Å²) >= 11 is 0. The number of carbonyl (C=O) groups excluding carboxylic acids is 1. The van der Waals surface area contributed by atoms with E-state index in [0.717, 1.165) is 6.07 Å². The van der Waals surface area contributed by atoms with Gasteiger partial charge in [-0.25, -0.2) is 15.2 Å². The van der Waals surface area contributed by atoms with Gasteiger partial charge in [0.05, 0.1) is 18.9 Å². The van der Waals surface area contributed by atoms with E-state index in [0.29, 0.717) is 11.4 Å². The van der Waals surface area contributed by atoms with Gasteiger partial charge in [-0.05, 0) is 24.3 Å². The summed E-state index contributed by atoms with van der Waals surface area (Å²) < 4.78 is 5.00. The van der Waals surface area contributed by atoms with Crippen LogP contribution in [-0.2, 0) is 0 Å². The predicted molar refractivity (Wildman–Crippen MR) is 83.6 cm³/mol. The Kier molecular flexibility index (Phi) is 5.65. The monoisotopic (exact) mass is 336 g/mol. The first-order chi connectivity index (χ1) is 11.4. The zero-order chi connectivity index (χ0) is 17.7. The molecular weight excluding hydrogens is 320 g/mol. The molecule has 0 spiro atoms. The van der Waals surface area contributed by atoms with Gasteiger partial charge in [-0.15, -0.1) is 0 Å². The summed E-state index contributed by atoms with van der Waals surface area (Å²) in [4.78, 5) is 12.0. The van der Waals surface area contributed by atoms with Crippen molar-refractivity contribution < 1.29 is 30.4 Å². The van der Waals surface area contributed by atoms with Gasteiger partial charge in [-0.1, -0.05) is 0 Å². The molecule has 10 nitrogen and oxygen atoms in total. The van der Waals surface area contributed by atoms with Crippen molar-refractivity contribution in [2.45, 2.75) is 0 Å². The lowest BCUT2D eigenvalue weighted by molar-refractivity contribution is -0.996. The Bertz CT molecular complexity index is 679. The van der Waals surface area contributed by atoms with Crippen molar-refractivity contribution in [3.05, 3.63) is 52.9 Å². The number of amides is 2. The molecule has 0 saturated carbocycles. The maximum Gasteiger partial charge on any atom is 0.323 e. The van der Waals surface area contributed by atoms with Gasteiger partial charge >= 0.3 is 6.03 Å². The molecule has 0 aromatic heterocycles. The van der Waals surface area contributed by atoms with Crippen LogP contribution < -0.4 is 25.8 Å². The van der Waals surface area contributed by atoms with E-state index in [-0.39, 0.29) is 17.1 Å². The third-order valence-electron chi connectivity index (χ3n) is 3.03. The molecule has 0 heterocycles. The van der Waals surface area contributed by atoms with Gasteiger partial charge in [-0.3, -0.25) is 0 Å². The molecule has 2 amide bonds. The number of benzene rings is 2. The van der Waals surface area contributed by atoms with Crippen LogP contribution in [-0.4, -0.2) is 23.6 Å². The Morgan fingerprint density at radius 2 is 1.46 bits per heavy atom. The van der Waals surface area contributed by atoms with E-state index in [4.69, 9.17) is 15.2 Å². The number of quaternary nitrogens is 2. The average Bonchev–Trinajstić information content (AvgIpc) is 2.55. The van der Waals surface area contributed by atoms with E-state index in [1.165, 1.54) is 19.2 Å². The molecule has 2 aromatic rings. The van der Waals surface area contributed by atoms with Crippen molar-refractivity contribution in [3.8, 4) is 5.75 Å². The normalized spacial score (nSPS) is 13.0. The highest BCUT2D eigenvalue weighted by Crippen LogP contribution is 2.19. The Labute approximate surface area is 136 Å². The summed E-state index contributed by atoms with van der Waals surface area (Å²) in [5, 5.41) is 42.4. The van der Waals surface area contributed by atoms with E-state index in [1.807, 2.05) is 0 Å². The van der Waals surface area contributed by atoms with Crippen LogP contribution in [0.15, 0.2) is 42.5 Å². The van der Waals surface area contributed by atoms with Crippen molar-refractivity contribution in [1.29, 1.82) is 0 Å². The van der Waals surface area contributed by atoms with Gasteiger partial charge in [0.15, 0.2) is 11.4 Å². The molecule has 0 aliphatic heterocycles. The lowest BCUT2D eigenvalue weighted by Crippen LogP contribution is -3.00. The van der Waals surface area contributed by atoms with Gasteiger partial charge in [0, 0.05) is 17.8 Å². The van der Waals surface area contributed by atoms with Crippen LogP contribution in [0.5, 0.6) is 5.75 Å². The second kappa shape index (κ2) is 7.70. The zero-order valence-electron chi connectivity index (χ0n) is 12.6. The van der Waals surface area contributed by atoms with Crippen LogP contribution >= 0.6 is 0 Å². The number of rotatable bonds is 5. The standard InChI is InChI=1S/C14H16N4O6/c1-24-13-4-2-9(3-5-13)15-14(19)16-10-6-11(17(20)21)8-12(7-10)18(22)23/h2-8,17-18,20,22H,1H3,(H2,15,16,19). The first-order valence-electron chi connectivity index (χ1n) is 6.73. The van der Waals surface area contributed by atoms with E-state index >= 15 is 0 Å². The predicted octanol–water partition coefficient (Wildman–Crippen LogP) is 0.146. The fourth-order valence-electron chi connectivity index (χ4n) is 1.91. The van der Waals surface area contributed by atoms with Crippen molar-refractivity contribution in [2.24, 2.45) is 0 Å². The second-order valence-electron chi connectivity index (χ2n) is 4.72. The van der Waals surface area contributed by atoms with E-state index < -0.39 is 16.5 Å². The molecule has 0 aliphatic carbocycles. The van der Waals surface area contributed by atoms with Crippen LogP contribution in [0.1, 0.15) is 0 Å². The molecule has 2 unspecified atom stereocenters. The van der Waals surface area contributed by atoms with Crippen LogP contribution in [0.25, 0.3) is 0 Å². The third-order valence-corrected chi connectivity index (χ3v) is 3.03. The highest BCUT2D eigenvalue weighted by atomic mass is 16.8. The lowest BCUT2D eigenvalue weighted by Gasteiger charge is -2.17. The van der Waals surface area contributed by atoms with Crippen LogP contribution in [0.3, 0.4) is 0 Å². The Balaban J connectivity index is 2.12. The molecule has 24 heavy (non-hydrogen) atoms. The molecule has 6 N–H and O–H groups in total. The van der Waals surface area contributed by atoms with Gasteiger partial charge in [-0.2, -0.15) is 10.5 Å². The summed E-state index contributed by atoms with van der Waals surface area (Å²) in [5.74, 6) is 0.626. The molecule has 10 heteroatoms. The molecule has 2 aromatic carbocycles. The largest absolute Gasteiger partial charge is 0.595 e. The van der Waals surface area contributed by atoms with Crippen molar-refractivity contribution in [2.75, 3.05) is 17.7 Å². The minimum atomic E-state index is -1.29. The van der Waals surface area contributed by atoms with Gasteiger partial charge in [0.25, 0.3) is 0 Å². The lowest BCUT2D eigenvalue weighted by atomic mass is 10.2. The summed E-state index contributed by atoms with van der Waals surface area (Å²) in [7, 11) is 1.52. The van der Waals surface area contributed by atoms with Crippen LogP contribution in [0.4, 0.5) is 27.5 Å². The first-order valence-corrected chi connectivity index (χ1v) is 6.73. The number of carbonyl (C=O) groups is 1. The quantitative estimate of drug-likeness (QED) is 0.428. The minimum Gasteiger partial charge on any atom is -0.595 e. The summed E-state index contributed by atoms with van der Waals surface area (Å²) in [6.07, 6.45) is 0.